The minimum absolute atomic E-state index is 0.0115. The Morgan fingerprint density at radius 1 is 0.872 bits per heavy atom. The molecule has 47 heavy (non-hydrogen) atoms. The maximum atomic E-state index is 13.8. The zero-order valence-corrected chi connectivity index (χ0v) is 29.9. The lowest BCUT2D eigenvalue weighted by Crippen LogP contribution is -2.54. The number of amides is 4. The van der Waals surface area contributed by atoms with Crippen molar-refractivity contribution in [2.75, 3.05) is 40.3 Å². The predicted molar refractivity (Wildman–Crippen MR) is 188 cm³/mol. The SMILES string of the molecule is CC(C)CN(CC(C)C)C(=O)CN1Cc2c(cccc2OCCCC(=O)N(C)C2CCCCC2)N=C1NC(=O)N(C)C1CCCCC1. The van der Waals surface area contributed by atoms with Crippen LogP contribution in [0.15, 0.2) is 23.2 Å². The predicted octanol–water partition coefficient (Wildman–Crippen LogP) is 6.55. The molecular weight excluding hydrogens is 592 g/mol. The Kier molecular flexibility index (Phi) is 13.8. The van der Waals surface area contributed by atoms with E-state index in [2.05, 4.69) is 33.0 Å². The Hall–Kier alpha value is -3.30. The highest BCUT2D eigenvalue weighted by molar-refractivity contribution is 6.00. The Labute approximate surface area is 283 Å². The monoisotopic (exact) mass is 652 g/mol. The minimum atomic E-state index is -0.201. The number of ether oxygens (including phenoxy) is 1. The Morgan fingerprint density at radius 2 is 1.47 bits per heavy atom. The van der Waals surface area contributed by atoms with Gasteiger partial charge in [0.05, 0.1) is 18.8 Å². The molecule has 4 rings (SSSR count). The van der Waals surface area contributed by atoms with Gasteiger partial charge in [0.1, 0.15) is 12.3 Å². The van der Waals surface area contributed by atoms with Crippen LogP contribution in [0, 0.1) is 11.8 Å². The van der Waals surface area contributed by atoms with Crippen molar-refractivity contribution in [3.8, 4) is 5.75 Å². The third kappa shape index (κ3) is 10.6. The second-order valence-corrected chi connectivity index (χ2v) is 14.7. The van der Waals surface area contributed by atoms with Crippen molar-refractivity contribution in [3.63, 3.8) is 0 Å². The van der Waals surface area contributed by atoms with Gasteiger partial charge in [-0.15, -0.1) is 0 Å². The van der Waals surface area contributed by atoms with Crippen molar-refractivity contribution in [2.24, 2.45) is 16.8 Å². The summed E-state index contributed by atoms with van der Waals surface area (Å²) in [5, 5.41) is 3.06. The average molecular weight is 653 g/mol. The highest BCUT2D eigenvalue weighted by Gasteiger charge is 2.30. The van der Waals surface area contributed by atoms with Gasteiger partial charge in [0.2, 0.25) is 17.8 Å². The first-order valence-corrected chi connectivity index (χ1v) is 18.2. The number of urea groups is 1. The number of rotatable bonds is 13. The largest absolute Gasteiger partial charge is 0.493 e. The molecule has 1 aromatic carbocycles. The summed E-state index contributed by atoms with van der Waals surface area (Å²) in [7, 11) is 3.79. The van der Waals surface area contributed by atoms with Crippen molar-refractivity contribution >= 4 is 29.5 Å². The number of hydrogen-bond acceptors (Lipinski definition) is 6. The van der Waals surface area contributed by atoms with Gasteiger partial charge in [-0.1, -0.05) is 72.3 Å². The number of nitrogens with one attached hydrogen (secondary N) is 1. The Bertz CT molecular complexity index is 1210. The standard InChI is InChI=1S/C37H60N6O4/c1-27(2)23-42(24-28(3)4)35(45)26-43-25-31-32(38-36(43)39-37(46)41(6)30-17-11-8-12-18-30)19-13-20-33(31)47-22-14-21-34(44)40(5)29-15-9-7-10-16-29/h13,19-20,27-30H,7-12,14-18,21-26H2,1-6H3,(H,38,39,46). The van der Waals surface area contributed by atoms with E-state index in [0.717, 1.165) is 49.8 Å². The first-order chi connectivity index (χ1) is 22.5. The van der Waals surface area contributed by atoms with E-state index in [0.29, 0.717) is 68.7 Å². The Morgan fingerprint density at radius 3 is 2.06 bits per heavy atom. The first-order valence-electron chi connectivity index (χ1n) is 18.2. The van der Waals surface area contributed by atoms with Crippen molar-refractivity contribution in [2.45, 2.75) is 123 Å². The molecule has 0 atom stereocenters. The molecule has 262 valence electrons. The number of guanidine groups is 1. The highest BCUT2D eigenvalue weighted by atomic mass is 16.5. The van der Waals surface area contributed by atoms with E-state index < -0.39 is 0 Å². The van der Waals surface area contributed by atoms with E-state index in [1.807, 2.05) is 47.0 Å². The summed E-state index contributed by atoms with van der Waals surface area (Å²) in [6.07, 6.45) is 12.4. The van der Waals surface area contributed by atoms with Crippen LogP contribution in [0.3, 0.4) is 0 Å². The molecule has 2 saturated carbocycles. The second-order valence-electron chi connectivity index (χ2n) is 14.7. The number of carbonyl (C=O) groups excluding carboxylic acids is 3. The van der Waals surface area contributed by atoms with Crippen LogP contribution in [0.4, 0.5) is 10.5 Å². The second kappa shape index (κ2) is 17.7. The molecule has 0 unspecified atom stereocenters. The maximum absolute atomic E-state index is 13.8. The van der Waals surface area contributed by atoms with Crippen LogP contribution < -0.4 is 10.1 Å². The zero-order chi connectivity index (χ0) is 33.9. The van der Waals surface area contributed by atoms with Gasteiger partial charge >= 0.3 is 6.03 Å². The van der Waals surface area contributed by atoms with Crippen LogP contribution in [0.1, 0.15) is 110 Å². The zero-order valence-electron chi connectivity index (χ0n) is 29.9. The van der Waals surface area contributed by atoms with Crippen molar-refractivity contribution < 1.29 is 19.1 Å². The average Bonchev–Trinajstić information content (AvgIpc) is 3.06. The molecule has 0 aromatic heterocycles. The molecule has 1 N–H and O–H groups in total. The van der Waals surface area contributed by atoms with Crippen LogP contribution in [-0.4, -0.2) is 95.8 Å². The van der Waals surface area contributed by atoms with Gasteiger partial charge in [-0.2, -0.15) is 0 Å². The lowest BCUT2D eigenvalue weighted by atomic mass is 9.94. The van der Waals surface area contributed by atoms with Crippen LogP contribution >= 0.6 is 0 Å². The van der Waals surface area contributed by atoms with E-state index in [-0.39, 0.29) is 30.4 Å². The fraction of sp³-hybridized carbons (Fsp3) is 0.730. The molecule has 0 saturated heterocycles. The van der Waals surface area contributed by atoms with Gasteiger partial charge in [-0.05, 0) is 56.1 Å². The van der Waals surface area contributed by atoms with E-state index in [1.54, 1.807) is 4.90 Å². The van der Waals surface area contributed by atoms with E-state index in [9.17, 15) is 14.4 Å². The summed E-state index contributed by atoms with van der Waals surface area (Å²) in [4.78, 5) is 52.6. The number of hydrogen-bond donors (Lipinski definition) is 1. The molecule has 0 spiro atoms. The highest BCUT2D eigenvalue weighted by Crippen LogP contribution is 2.34. The fourth-order valence-corrected chi connectivity index (χ4v) is 7.14. The minimum Gasteiger partial charge on any atom is -0.493 e. The number of fused-ring (bicyclic) bond motifs is 1. The number of aliphatic imine (C=N–C) groups is 1. The third-order valence-corrected chi connectivity index (χ3v) is 9.80. The summed E-state index contributed by atoms with van der Waals surface area (Å²) < 4.78 is 6.26. The van der Waals surface area contributed by atoms with E-state index >= 15 is 0 Å². The molecule has 1 heterocycles. The van der Waals surface area contributed by atoms with E-state index in [1.165, 1.54) is 25.7 Å². The first kappa shape index (κ1) is 36.5. The maximum Gasteiger partial charge on any atom is 0.324 e. The molecule has 0 bridgehead atoms. The fourth-order valence-electron chi connectivity index (χ4n) is 7.14. The molecule has 10 heteroatoms. The molecule has 0 radical (unpaired) electrons. The van der Waals surface area contributed by atoms with Crippen LogP contribution in [0.2, 0.25) is 0 Å². The molecule has 1 aliphatic heterocycles. The molecular formula is C37H60N6O4. The summed E-state index contributed by atoms with van der Waals surface area (Å²) in [6.45, 7) is 10.7. The van der Waals surface area contributed by atoms with Crippen molar-refractivity contribution in [3.05, 3.63) is 23.8 Å². The lowest BCUT2D eigenvalue weighted by Gasteiger charge is -2.35. The lowest BCUT2D eigenvalue weighted by molar-refractivity contribution is -0.133. The van der Waals surface area contributed by atoms with Gasteiger partial charge < -0.3 is 24.3 Å². The van der Waals surface area contributed by atoms with Crippen LogP contribution in [-0.2, 0) is 16.1 Å². The van der Waals surface area contributed by atoms with Gasteiger partial charge in [0.25, 0.3) is 0 Å². The topological polar surface area (TPSA) is 97.8 Å². The van der Waals surface area contributed by atoms with Crippen molar-refractivity contribution in [1.82, 2.24) is 24.9 Å². The number of benzene rings is 1. The van der Waals surface area contributed by atoms with E-state index in [4.69, 9.17) is 9.73 Å². The van der Waals surface area contributed by atoms with Gasteiger partial charge in [-0.25, -0.2) is 9.79 Å². The molecule has 3 aliphatic rings. The van der Waals surface area contributed by atoms with Gasteiger partial charge in [0.15, 0.2) is 0 Å². The summed E-state index contributed by atoms with van der Waals surface area (Å²) >= 11 is 0. The number of nitrogens with zero attached hydrogens (tertiary/aromatic N) is 5. The summed E-state index contributed by atoms with van der Waals surface area (Å²) in [5.74, 6) is 1.95. The quantitative estimate of drug-likeness (QED) is 0.244. The Balaban J connectivity index is 1.47. The molecule has 2 aliphatic carbocycles. The molecule has 10 nitrogen and oxygen atoms in total. The number of carbonyl (C=O) groups is 3. The smallest absolute Gasteiger partial charge is 0.324 e. The van der Waals surface area contributed by atoms with Crippen LogP contribution in [0.5, 0.6) is 5.75 Å². The third-order valence-electron chi connectivity index (χ3n) is 9.80. The molecule has 4 amide bonds. The summed E-state index contributed by atoms with van der Waals surface area (Å²) in [6, 6.07) is 6.12. The molecule has 2 fully saturated rings. The summed E-state index contributed by atoms with van der Waals surface area (Å²) in [5.41, 5.74) is 1.60. The van der Waals surface area contributed by atoms with Crippen LogP contribution in [0.25, 0.3) is 0 Å². The normalized spacial score (nSPS) is 17.3. The van der Waals surface area contributed by atoms with Gasteiger partial charge in [-0.3, -0.25) is 14.9 Å². The van der Waals surface area contributed by atoms with Gasteiger partial charge in [0, 0.05) is 51.3 Å². The van der Waals surface area contributed by atoms with Crippen molar-refractivity contribution in [1.29, 1.82) is 0 Å². The molecule has 1 aromatic rings.